The largest absolute Gasteiger partial charge is 0.421 e. The molecule has 1 aromatic rings. The zero-order chi connectivity index (χ0) is 18.3. The average molecular weight is 361 g/mol. The first kappa shape index (κ1) is 19.2. The zero-order valence-corrected chi connectivity index (χ0v) is 13.8. The summed E-state index contributed by atoms with van der Waals surface area (Å²) in [5.74, 6) is -0.533. The maximum Gasteiger partial charge on any atom is 0.421 e. The van der Waals surface area contributed by atoms with Gasteiger partial charge in [0.2, 0.25) is 11.9 Å². The number of halogens is 3. The van der Waals surface area contributed by atoms with Crippen LogP contribution < -0.4 is 11.1 Å². The topological polar surface area (TPSA) is 93.4 Å². The Kier molecular flexibility index (Phi) is 6.80. The molecule has 1 fully saturated rings. The molecule has 2 heterocycles. The minimum atomic E-state index is -4.56. The Hall–Kier alpha value is -2.10. The molecule has 0 unspecified atom stereocenters. The normalized spacial score (nSPS) is 16.9. The number of ether oxygens (including phenoxy) is 1. The molecule has 7 nitrogen and oxygen atoms in total. The number of carbonyl (C=O) groups excluding carboxylic acids is 1. The summed E-state index contributed by atoms with van der Waals surface area (Å²) in [6.45, 7) is 2.28. The fourth-order valence-corrected chi connectivity index (χ4v) is 2.49. The molecule has 1 aliphatic heterocycles. The van der Waals surface area contributed by atoms with Crippen molar-refractivity contribution < 1.29 is 22.7 Å². The highest BCUT2D eigenvalue weighted by molar-refractivity contribution is 5.76. The highest BCUT2D eigenvalue weighted by atomic mass is 19.4. The molecule has 1 aromatic heterocycles. The molecule has 10 heteroatoms. The van der Waals surface area contributed by atoms with E-state index in [2.05, 4.69) is 15.3 Å². The average Bonchev–Trinajstić information content (AvgIpc) is 2.63. The lowest BCUT2D eigenvalue weighted by molar-refractivity contribution is -0.137. The zero-order valence-electron chi connectivity index (χ0n) is 13.8. The monoisotopic (exact) mass is 361 g/mol. The van der Waals surface area contributed by atoms with Crippen LogP contribution in [0.1, 0.15) is 31.2 Å². The van der Waals surface area contributed by atoms with Crippen LogP contribution in [0.2, 0.25) is 0 Å². The van der Waals surface area contributed by atoms with E-state index in [1.165, 1.54) is 0 Å². The van der Waals surface area contributed by atoms with E-state index < -0.39 is 11.7 Å². The molecule has 0 atom stereocenters. The summed E-state index contributed by atoms with van der Waals surface area (Å²) in [4.78, 5) is 20.8. The van der Waals surface area contributed by atoms with Gasteiger partial charge >= 0.3 is 6.18 Å². The van der Waals surface area contributed by atoms with Gasteiger partial charge in [0.25, 0.3) is 0 Å². The highest BCUT2D eigenvalue weighted by Crippen LogP contribution is 2.33. The number of rotatable bonds is 5. The minimum absolute atomic E-state index is 0.0489. The van der Waals surface area contributed by atoms with Gasteiger partial charge in [0.1, 0.15) is 11.4 Å². The van der Waals surface area contributed by atoms with Crippen molar-refractivity contribution in [2.24, 2.45) is 0 Å². The molecule has 0 radical (unpaired) electrons. The molecule has 25 heavy (non-hydrogen) atoms. The smallest absolute Gasteiger partial charge is 0.380 e. The van der Waals surface area contributed by atoms with Gasteiger partial charge in [-0.25, -0.2) is 4.98 Å². The number of aromatic nitrogens is 2. The van der Waals surface area contributed by atoms with E-state index in [0.717, 1.165) is 12.8 Å². The summed E-state index contributed by atoms with van der Waals surface area (Å²) in [6.07, 6.45) is -1.32. The fourth-order valence-electron chi connectivity index (χ4n) is 2.49. The van der Waals surface area contributed by atoms with Crippen LogP contribution in [0.5, 0.6) is 0 Å². The predicted molar refractivity (Wildman–Crippen MR) is 85.8 cm³/mol. The summed E-state index contributed by atoms with van der Waals surface area (Å²) in [6, 6.07) is 0. The van der Waals surface area contributed by atoms with Crippen molar-refractivity contribution in [1.82, 2.24) is 14.9 Å². The number of nitrogens with two attached hydrogens (primary N) is 1. The molecule has 0 aliphatic carbocycles. The molecular formula is C15H22F3N5O2. The second-order valence-corrected chi connectivity index (χ2v) is 5.72. The van der Waals surface area contributed by atoms with E-state index in [0.29, 0.717) is 45.3 Å². The van der Waals surface area contributed by atoms with Gasteiger partial charge in [-0.1, -0.05) is 0 Å². The molecule has 0 aromatic carbocycles. The van der Waals surface area contributed by atoms with Gasteiger partial charge < -0.3 is 20.7 Å². The number of amides is 1. The van der Waals surface area contributed by atoms with Crippen molar-refractivity contribution in [1.29, 1.82) is 0 Å². The number of nitrogen functional groups attached to an aromatic ring is 1. The van der Waals surface area contributed by atoms with E-state index in [-0.39, 0.29) is 24.2 Å². The first-order valence-electron chi connectivity index (χ1n) is 8.17. The van der Waals surface area contributed by atoms with Gasteiger partial charge in [-0.3, -0.25) is 4.79 Å². The molecule has 3 N–H and O–H groups in total. The van der Waals surface area contributed by atoms with Gasteiger partial charge in [0.15, 0.2) is 0 Å². The Labute approximate surface area is 143 Å². The standard InChI is InChI=1S/C15H22F3N5O2/c16-15(17,18)11-10-21-14(19)22-13(11)20-5-3-6-23-7-9-25-8-2-1-4-12(23)24/h10H,1-9H2,(H3,19,20,21,22). The van der Waals surface area contributed by atoms with Crippen LogP contribution in [-0.2, 0) is 15.7 Å². The third-order valence-electron chi connectivity index (χ3n) is 3.80. The summed E-state index contributed by atoms with van der Waals surface area (Å²) in [7, 11) is 0. The lowest BCUT2D eigenvalue weighted by Gasteiger charge is -2.22. The Balaban J connectivity index is 1.88. The molecule has 140 valence electrons. The molecule has 0 bridgehead atoms. The van der Waals surface area contributed by atoms with E-state index in [4.69, 9.17) is 10.5 Å². The summed E-state index contributed by atoms with van der Waals surface area (Å²) in [5, 5.41) is 2.64. The van der Waals surface area contributed by atoms with Gasteiger partial charge in [-0.15, -0.1) is 0 Å². The minimum Gasteiger partial charge on any atom is -0.380 e. The van der Waals surface area contributed by atoms with E-state index in [9.17, 15) is 18.0 Å². The lowest BCUT2D eigenvalue weighted by Crippen LogP contribution is -2.35. The van der Waals surface area contributed by atoms with Crippen LogP contribution in [0.15, 0.2) is 6.20 Å². The molecule has 1 aliphatic rings. The number of hydrogen-bond acceptors (Lipinski definition) is 6. The number of carbonyl (C=O) groups is 1. The Morgan fingerprint density at radius 3 is 2.88 bits per heavy atom. The third kappa shape index (κ3) is 6.04. The number of hydrogen-bond donors (Lipinski definition) is 2. The van der Waals surface area contributed by atoms with Crippen molar-refractivity contribution >= 4 is 17.7 Å². The van der Waals surface area contributed by atoms with Gasteiger partial charge in [-0.05, 0) is 19.3 Å². The van der Waals surface area contributed by atoms with Crippen LogP contribution in [0.3, 0.4) is 0 Å². The van der Waals surface area contributed by atoms with Gasteiger partial charge in [0, 0.05) is 38.9 Å². The number of anilines is 2. The maximum absolute atomic E-state index is 12.9. The molecule has 1 amide bonds. The summed E-state index contributed by atoms with van der Waals surface area (Å²) < 4.78 is 44.2. The first-order chi connectivity index (χ1) is 11.9. The molecule has 0 saturated carbocycles. The van der Waals surface area contributed by atoms with Gasteiger partial charge in [-0.2, -0.15) is 18.2 Å². The highest BCUT2D eigenvalue weighted by Gasteiger charge is 2.35. The second kappa shape index (κ2) is 8.84. The van der Waals surface area contributed by atoms with Crippen LogP contribution in [0, 0.1) is 0 Å². The first-order valence-corrected chi connectivity index (χ1v) is 8.17. The molecule has 0 spiro atoms. The number of nitrogens with zero attached hydrogens (tertiary/aromatic N) is 3. The number of nitrogens with one attached hydrogen (secondary N) is 1. The van der Waals surface area contributed by atoms with Crippen LogP contribution in [0.25, 0.3) is 0 Å². The molecular weight excluding hydrogens is 339 g/mol. The van der Waals surface area contributed by atoms with Crippen molar-refractivity contribution in [3.8, 4) is 0 Å². The van der Waals surface area contributed by atoms with E-state index in [1.807, 2.05) is 0 Å². The number of alkyl halides is 3. The van der Waals surface area contributed by atoms with Crippen LogP contribution >= 0.6 is 0 Å². The van der Waals surface area contributed by atoms with E-state index >= 15 is 0 Å². The van der Waals surface area contributed by atoms with Crippen molar-refractivity contribution in [3.63, 3.8) is 0 Å². The molecule has 2 rings (SSSR count). The maximum atomic E-state index is 12.9. The quantitative estimate of drug-likeness (QED) is 0.778. The SMILES string of the molecule is Nc1ncc(C(F)(F)F)c(NCCCN2CCOCCCCC2=O)n1. The third-order valence-corrected chi connectivity index (χ3v) is 3.80. The Bertz CT molecular complexity index is 583. The van der Waals surface area contributed by atoms with Crippen molar-refractivity contribution in [3.05, 3.63) is 11.8 Å². The molecule has 1 saturated heterocycles. The summed E-state index contributed by atoms with van der Waals surface area (Å²) >= 11 is 0. The predicted octanol–water partition coefficient (Wildman–Crippen LogP) is 1.91. The Morgan fingerprint density at radius 1 is 1.32 bits per heavy atom. The Morgan fingerprint density at radius 2 is 2.12 bits per heavy atom. The van der Waals surface area contributed by atoms with E-state index in [1.54, 1.807) is 4.90 Å². The van der Waals surface area contributed by atoms with Crippen LogP contribution in [0.4, 0.5) is 24.9 Å². The van der Waals surface area contributed by atoms with Crippen molar-refractivity contribution in [2.45, 2.75) is 31.9 Å². The van der Waals surface area contributed by atoms with Crippen LogP contribution in [-0.4, -0.2) is 53.6 Å². The lowest BCUT2D eigenvalue weighted by atomic mass is 10.2. The summed E-state index contributed by atoms with van der Waals surface area (Å²) in [5.41, 5.74) is 4.40. The fraction of sp³-hybridized carbons (Fsp3) is 0.667. The van der Waals surface area contributed by atoms with Gasteiger partial charge in [0.05, 0.1) is 6.61 Å². The second-order valence-electron chi connectivity index (χ2n) is 5.72. The van der Waals surface area contributed by atoms with Crippen molar-refractivity contribution in [2.75, 3.05) is 43.9 Å².